The molecule has 1 amide bonds. The zero-order chi connectivity index (χ0) is 10.7. The van der Waals surface area contributed by atoms with Gasteiger partial charge in [-0.05, 0) is 31.4 Å². The SMILES string of the molecule is CNc1ccccc1C(=O)NC1CCC1. The van der Waals surface area contributed by atoms with Gasteiger partial charge >= 0.3 is 0 Å². The molecule has 0 bridgehead atoms. The van der Waals surface area contributed by atoms with Gasteiger partial charge in [-0.2, -0.15) is 0 Å². The molecule has 2 rings (SSSR count). The number of carbonyl (C=O) groups is 1. The molecule has 1 saturated carbocycles. The normalized spacial score (nSPS) is 15.5. The summed E-state index contributed by atoms with van der Waals surface area (Å²) in [5, 5.41) is 6.05. The molecule has 0 atom stereocenters. The zero-order valence-electron chi connectivity index (χ0n) is 8.92. The number of hydrogen-bond donors (Lipinski definition) is 2. The Labute approximate surface area is 89.9 Å². The third kappa shape index (κ3) is 2.12. The van der Waals surface area contributed by atoms with E-state index in [2.05, 4.69) is 10.6 Å². The van der Waals surface area contributed by atoms with E-state index in [1.165, 1.54) is 6.42 Å². The first-order valence-electron chi connectivity index (χ1n) is 5.39. The highest BCUT2D eigenvalue weighted by molar-refractivity contribution is 5.99. The summed E-state index contributed by atoms with van der Waals surface area (Å²) >= 11 is 0. The molecule has 0 heterocycles. The molecule has 0 spiro atoms. The van der Waals surface area contributed by atoms with Crippen molar-refractivity contribution in [1.82, 2.24) is 5.32 Å². The van der Waals surface area contributed by atoms with E-state index in [1.807, 2.05) is 31.3 Å². The zero-order valence-corrected chi connectivity index (χ0v) is 8.92. The first-order valence-corrected chi connectivity index (χ1v) is 5.39. The molecule has 15 heavy (non-hydrogen) atoms. The molecule has 0 radical (unpaired) electrons. The predicted octanol–water partition coefficient (Wildman–Crippen LogP) is 2.01. The van der Waals surface area contributed by atoms with Crippen LogP contribution in [0.15, 0.2) is 24.3 Å². The van der Waals surface area contributed by atoms with Crippen LogP contribution in [-0.2, 0) is 0 Å². The third-order valence-corrected chi connectivity index (χ3v) is 2.88. The highest BCUT2D eigenvalue weighted by Crippen LogP contribution is 2.20. The summed E-state index contributed by atoms with van der Waals surface area (Å²) in [6.07, 6.45) is 3.47. The molecule has 0 aliphatic heterocycles. The molecule has 2 N–H and O–H groups in total. The first kappa shape index (κ1) is 10.0. The summed E-state index contributed by atoms with van der Waals surface area (Å²) in [5.74, 6) is 0.0321. The number of carbonyl (C=O) groups excluding carboxylic acids is 1. The van der Waals surface area contributed by atoms with Crippen LogP contribution >= 0.6 is 0 Å². The minimum absolute atomic E-state index is 0.0321. The lowest BCUT2D eigenvalue weighted by Crippen LogP contribution is -2.39. The minimum atomic E-state index is 0.0321. The number of rotatable bonds is 3. The van der Waals surface area contributed by atoms with E-state index in [9.17, 15) is 4.79 Å². The fourth-order valence-corrected chi connectivity index (χ4v) is 1.71. The molecular formula is C12H16N2O. The monoisotopic (exact) mass is 204 g/mol. The van der Waals surface area contributed by atoms with Crippen molar-refractivity contribution >= 4 is 11.6 Å². The maximum absolute atomic E-state index is 11.9. The van der Waals surface area contributed by atoms with Crippen molar-refractivity contribution in [3.05, 3.63) is 29.8 Å². The van der Waals surface area contributed by atoms with E-state index in [-0.39, 0.29) is 5.91 Å². The minimum Gasteiger partial charge on any atom is -0.387 e. The van der Waals surface area contributed by atoms with Gasteiger partial charge in [-0.15, -0.1) is 0 Å². The number of hydrogen-bond acceptors (Lipinski definition) is 2. The second-order valence-corrected chi connectivity index (χ2v) is 3.90. The summed E-state index contributed by atoms with van der Waals surface area (Å²) < 4.78 is 0. The number of para-hydroxylation sites is 1. The first-order chi connectivity index (χ1) is 7.31. The van der Waals surface area contributed by atoms with Crippen LogP contribution in [0, 0.1) is 0 Å². The van der Waals surface area contributed by atoms with Crippen LogP contribution in [0.4, 0.5) is 5.69 Å². The lowest BCUT2D eigenvalue weighted by atomic mass is 9.93. The summed E-state index contributed by atoms with van der Waals surface area (Å²) in [6, 6.07) is 7.96. The summed E-state index contributed by atoms with van der Waals surface area (Å²) in [7, 11) is 1.83. The lowest BCUT2D eigenvalue weighted by Gasteiger charge is -2.26. The van der Waals surface area contributed by atoms with Gasteiger partial charge in [0.2, 0.25) is 0 Å². The molecular weight excluding hydrogens is 188 g/mol. The Morgan fingerprint density at radius 1 is 1.33 bits per heavy atom. The van der Waals surface area contributed by atoms with Crippen LogP contribution in [0.5, 0.6) is 0 Å². The van der Waals surface area contributed by atoms with E-state index < -0.39 is 0 Å². The lowest BCUT2D eigenvalue weighted by molar-refractivity contribution is 0.0918. The molecule has 0 unspecified atom stereocenters. The van der Waals surface area contributed by atoms with E-state index in [0.717, 1.165) is 24.1 Å². The predicted molar refractivity (Wildman–Crippen MR) is 61.1 cm³/mol. The number of benzene rings is 1. The van der Waals surface area contributed by atoms with Crippen molar-refractivity contribution in [3.63, 3.8) is 0 Å². The van der Waals surface area contributed by atoms with Crippen LogP contribution in [-0.4, -0.2) is 19.0 Å². The highest BCUT2D eigenvalue weighted by Gasteiger charge is 2.20. The molecule has 1 fully saturated rings. The quantitative estimate of drug-likeness (QED) is 0.790. The van der Waals surface area contributed by atoms with Crippen LogP contribution in [0.25, 0.3) is 0 Å². The van der Waals surface area contributed by atoms with Crippen molar-refractivity contribution in [3.8, 4) is 0 Å². The van der Waals surface area contributed by atoms with Gasteiger partial charge < -0.3 is 10.6 Å². The largest absolute Gasteiger partial charge is 0.387 e. The second kappa shape index (κ2) is 4.34. The van der Waals surface area contributed by atoms with Crippen LogP contribution < -0.4 is 10.6 Å². The second-order valence-electron chi connectivity index (χ2n) is 3.90. The van der Waals surface area contributed by atoms with Gasteiger partial charge in [0.1, 0.15) is 0 Å². The van der Waals surface area contributed by atoms with Crippen LogP contribution in [0.2, 0.25) is 0 Å². The fourth-order valence-electron chi connectivity index (χ4n) is 1.71. The molecule has 1 aromatic rings. The van der Waals surface area contributed by atoms with Gasteiger partial charge in [0.25, 0.3) is 5.91 Å². The number of nitrogens with one attached hydrogen (secondary N) is 2. The Morgan fingerprint density at radius 2 is 2.07 bits per heavy atom. The van der Waals surface area contributed by atoms with E-state index >= 15 is 0 Å². The Kier molecular flexibility index (Phi) is 2.90. The molecule has 3 nitrogen and oxygen atoms in total. The van der Waals surface area contributed by atoms with E-state index in [4.69, 9.17) is 0 Å². The Bertz CT molecular complexity index is 358. The molecule has 1 aliphatic rings. The summed E-state index contributed by atoms with van der Waals surface area (Å²) in [5.41, 5.74) is 1.61. The van der Waals surface area contributed by atoms with Gasteiger partial charge in [-0.1, -0.05) is 12.1 Å². The molecule has 1 aromatic carbocycles. The summed E-state index contributed by atoms with van der Waals surface area (Å²) in [4.78, 5) is 11.9. The fraction of sp³-hybridized carbons (Fsp3) is 0.417. The van der Waals surface area contributed by atoms with Gasteiger partial charge in [0, 0.05) is 18.8 Å². The van der Waals surface area contributed by atoms with Crippen molar-refractivity contribution in [1.29, 1.82) is 0 Å². The average Bonchev–Trinajstić information content (AvgIpc) is 2.23. The van der Waals surface area contributed by atoms with E-state index in [1.54, 1.807) is 0 Å². The van der Waals surface area contributed by atoms with Gasteiger partial charge in [0.05, 0.1) is 5.56 Å². The van der Waals surface area contributed by atoms with E-state index in [0.29, 0.717) is 6.04 Å². The average molecular weight is 204 g/mol. The standard InChI is InChI=1S/C12H16N2O/c1-13-11-8-3-2-7-10(11)12(15)14-9-5-4-6-9/h2-3,7-9,13H,4-6H2,1H3,(H,14,15). The highest BCUT2D eigenvalue weighted by atomic mass is 16.1. The van der Waals surface area contributed by atoms with Crippen molar-refractivity contribution in [2.45, 2.75) is 25.3 Å². The van der Waals surface area contributed by atoms with Crippen LogP contribution in [0.1, 0.15) is 29.6 Å². The van der Waals surface area contributed by atoms with Crippen molar-refractivity contribution < 1.29 is 4.79 Å². The topological polar surface area (TPSA) is 41.1 Å². The number of amides is 1. The smallest absolute Gasteiger partial charge is 0.253 e. The summed E-state index contributed by atoms with van der Waals surface area (Å²) in [6.45, 7) is 0. The Hall–Kier alpha value is -1.51. The third-order valence-electron chi connectivity index (χ3n) is 2.88. The molecule has 1 aliphatic carbocycles. The van der Waals surface area contributed by atoms with Gasteiger partial charge in [-0.3, -0.25) is 4.79 Å². The van der Waals surface area contributed by atoms with Crippen molar-refractivity contribution in [2.75, 3.05) is 12.4 Å². The molecule has 0 saturated heterocycles. The maximum Gasteiger partial charge on any atom is 0.253 e. The molecule has 3 heteroatoms. The van der Waals surface area contributed by atoms with Crippen LogP contribution in [0.3, 0.4) is 0 Å². The maximum atomic E-state index is 11.9. The molecule has 0 aromatic heterocycles. The Morgan fingerprint density at radius 3 is 2.67 bits per heavy atom. The van der Waals surface area contributed by atoms with Gasteiger partial charge in [-0.25, -0.2) is 0 Å². The van der Waals surface area contributed by atoms with Crippen molar-refractivity contribution in [2.24, 2.45) is 0 Å². The molecule has 80 valence electrons. The Balaban J connectivity index is 2.09. The number of anilines is 1. The van der Waals surface area contributed by atoms with Gasteiger partial charge in [0.15, 0.2) is 0 Å².